The number of hydrogen-bond donors (Lipinski definition) is 1. The second kappa shape index (κ2) is 6.59. The number of halogens is 1. The highest BCUT2D eigenvalue weighted by Gasteiger charge is 2.36. The molecule has 2 unspecified atom stereocenters. The summed E-state index contributed by atoms with van der Waals surface area (Å²) in [7, 11) is 0. The number of hydrogen-bond acceptors (Lipinski definition) is 3. The Labute approximate surface area is 146 Å². The van der Waals surface area contributed by atoms with E-state index in [-0.39, 0.29) is 23.8 Å². The fourth-order valence-corrected chi connectivity index (χ4v) is 4.05. The standard InChI is InChI=1S/C19H23FN4O/c1-2-24-17-9-5-7-15(13(17)12-21-24)22-16-10-11-23(19(16)25)18-8-4-3-6-14(18)20/h3-4,6,8,12,15-16,22H,2,5,7,9-11H2,1H3. The summed E-state index contributed by atoms with van der Waals surface area (Å²) >= 11 is 0. The third-order valence-electron chi connectivity index (χ3n) is 5.31. The van der Waals surface area contributed by atoms with Crippen molar-refractivity contribution in [1.82, 2.24) is 15.1 Å². The summed E-state index contributed by atoms with van der Waals surface area (Å²) in [5.74, 6) is -0.388. The Kier molecular flexibility index (Phi) is 4.29. The minimum atomic E-state index is -0.347. The van der Waals surface area contributed by atoms with Crippen LogP contribution in [-0.2, 0) is 17.8 Å². The van der Waals surface area contributed by atoms with Crippen LogP contribution in [0.25, 0.3) is 0 Å². The highest BCUT2D eigenvalue weighted by atomic mass is 19.1. The molecule has 2 atom stereocenters. The van der Waals surface area contributed by atoms with Crippen LogP contribution < -0.4 is 10.2 Å². The van der Waals surface area contributed by atoms with Gasteiger partial charge in [0.15, 0.2) is 0 Å². The van der Waals surface area contributed by atoms with Gasteiger partial charge in [0.1, 0.15) is 5.82 Å². The fraction of sp³-hybridized carbons (Fsp3) is 0.474. The van der Waals surface area contributed by atoms with E-state index >= 15 is 0 Å². The van der Waals surface area contributed by atoms with Gasteiger partial charge in [-0.15, -0.1) is 0 Å². The van der Waals surface area contributed by atoms with E-state index in [9.17, 15) is 9.18 Å². The van der Waals surface area contributed by atoms with E-state index in [0.29, 0.717) is 18.7 Å². The molecule has 0 spiro atoms. The summed E-state index contributed by atoms with van der Waals surface area (Å²) in [5, 5.41) is 7.98. The van der Waals surface area contributed by atoms with Gasteiger partial charge in [0.05, 0.1) is 17.9 Å². The molecule has 2 heterocycles. The third kappa shape index (κ3) is 2.84. The van der Waals surface area contributed by atoms with E-state index in [2.05, 4.69) is 17.3 Å². The molecule has 2 aliphatic rings. The summed E-state index contributed by atoms with van der Waals surface area (Å²) in [6.07, 6.45) is 5.77. The predicted molar refractivity (Wildman–Crippen MR) is 93.9 cm³/mol. The van der Waals surface area contributed by atoms with Gasteiger partial charge in [0.2, 0.25) is 5.91 Å². The molecule has 1 aliphatic carbocycles. The van der Waals surface area contributed by atoms with Crippen molar-refractivity contribution in [3.8, 4) is 0 Å². The number of amides is 1. The van der Waals surface area contributed by atoms with Crippen LogP contribution in [0, 0.1) is 5.82 Å². The minimum Gasteiger partial charge on any atom is -0.308 e. The van der Waals surface area contributed by atoms with Gasteiger partial charge in [-0.2, -0.15) is 5.10 Å². The zero-order chi connectivity index (χ0) is 17.4. The van der Waals surface area contributed by atoms with Crippen LogP contribution in [0.5, 0.6) is 0 Å². The smallest absolute Gasteiger partial charge is 0.244 e. The van der Waals surface area contributed by atoms with E-state index in [0.717, 1.165) is 25.8 Å². The van der Waals surface area contributed by atoms with Crippen LogP contribution in [0.4, 0.5) is 10.1 Å². The third-order valence-corrected chi connectivity index (χ3v) is 5.31. The number of para-hydroxylation sites is 1. The zero-order valence-electron chi connectivity index (χ0n) is 14.4. The molecule has 1 N–H and O–H groups in total. The Morgan fingerprint density at radius 3 is 2.92 bits per heavy atom. The number of nitrogens with one attached hydrogen (secondary N) is 1. The number of nitrogens with zero attached hydrogens (tertiary/aromatic N) is 3. The maximum Gasteiger partial charge on any atom is 0.244 e. The van der Waals surface area contributed by atoms with E-state index in [1.54, 1.807) is 23.1 Å². The lowest BCUT2D eigenvalue weighted by Crippen LogP contribution is -2.41. The first kappa shape index (κ1) is 16.3. The molecule has 1 aromatic carbocycles. The Morgan fingerprint density at radius 2 is 2.12 bits per heavy atom. The summed E-state index contributed by atoms with van der Waals surface area (Å²) in [4.78, 5) is 14.3. The number of fused-ring (bicyclic) bond motifs is 1. The Hall–Kier alpha value is -2.21. The molecule has 2 aromatic rings. The van der Waals surface area contributed by atoms with E-state index in [4.69, 9.17) is 0 Å². The predicted octanol–water partition coefficient (Wildman–Crippen LogP) is 2.81. The van der Waals surface area contributed by atoms with Gasteiger partial charge >= 0.3 is 0 Å². The molecule has 132 valence electrons. The molecule has 1 saturated heterocycles. The average Bonchev–Trinajstić information content (AvgIpc) is 3.20. The van der Waals surface area contributed by atoms with Crippen molar-refractivity contribution in [1.29, 1.82) is 0 Å². The quantitative estimate of drug-likeness (QED) is 0.929. The van der Waals surface area contributed by atoms with E-state index in [1.165, 1.54) is 17.3 Å². The van der Waals surface area contributed by atoms with Gasteiger partial charge in [0.25, 0.3) is 0 Å². The lowest BCUT2D eigenvalue weighted by molar-refractivity contribution is -0.119. The second-order valence-electron chi connectivity index (χ2n) is 6.76. The molecule has 0 bridgehead atoms. The molecule has 1 aliphatic heterocycles. The molecule has 5 nitrogen and oxygen atoms in total. The molecule has 4 rings (SSSR count). The summed E-state index contributed by atoms with van der Waals surface area (Å²) in [6.45, 7) is 3.51. The van der Waals surface area contributed by atoms with Gasteiger partial charge in [-0.1, -0.05) is 12.1 Å². The molecule has 1 fully saturated rings. The van der Waals surface area contributed by atoms with Crippen molar-refractivity contribution in [2.24, 2.45) is 0 Å². The van der Waals surface area contributed by atoms with Crippen molar-refractivity contribution in [2.45, 2.75) is 51.2 Å². The van der Waals surface area contributed by atoms with Crippen LogP contribution in [0.15, 0.2) is 30.5 Å². The summed E-state index contributed by atoms with van der Waals surface area (Å²) in [6, 6.07) is 6.36. The molecule has 1 amide bonds. The van der Waals surface area contributed by atoms with E-state index < -0.39 is 0 Å². The number of anilines is 1. The van der Waals surface area contributed by atoms with Crippen molar-refractivity contribution >= 4 is 11.6 Å². The van der Waals surface area contributed by atoms with Crippen molar-refractivity contribution < 1.29 is 9.18 Å². The number of carbonyl (C=O) groups excluding carboxylic acids is 1. The van der Waals surface area contributed by atoms with Gasteiger partial charge in [-0.05, 0) is 44.7 Å². The maximum absolute atomic E-state index is 14.0. The average molecular weight is 342 g/mol. The van der Waals surface area contributed by atoms with Gasteiger partial charge in [-0.25, -0.2) is 4.39 Å². The Balaban J connectivity index is 1.51. The molecule has 0 radical (unpaired) electrons. The molecular formula is C19H23FN4O. The molecular weight excluding hydrogens is 319 g/mol. The first-order valence-electron chi connectivity index (χ1n) is 9.05. The van der Waals surface area contributed by atoms with Crippen LogP contribution in [0.2, 0.25) is 0 Å². The topological polar surface area (TPSA) is 50.2 Å². The van der Waals surface area contributed by atoms with Gasteiger partial charge < -0.3 is 4.90 Å². The number of carbonyl (C=O) groups is 1. The first-order chi connectivity index (χ1) is 12.2. The summed E-state index contributed by atoms with van der Waals surface area (Å²) in [5.41, 5.74) is 2.87. The SMILES string of the molecule is CCn1ncc2c1CCCC2NC1CCN(c2ccccc2F)C1=O. The number of aryl methyl sites for hydroxylation is 1. The fourth-order valence-electron chi connectivity index (χ4n) is 4.05. The molecule has 0 saturated carbocycles. The van der Waals surface area contributed by atoms with Crippen LogP contribution in [0.1, 0.15) is 43.5 Å². The van der Waals surface area contributed by atoms with Crippen molar-refractivity contribution in [3.05, 3.63) is 47.5 Å². The van der Waals surface area contributed by atoms with E-state index in [1.807, 2.05) is 10.9 Å². The lowest BCUT2D eigenvalue weighted by Gasteiger charge is -2.27. The zero-order valence-corrected chi connectivity index (χ0v) is 14.4. The van der Waals surface area contributed by atoms with Crippen molar-refractivity contribution in [3.63, 3.8) is 0 Å². The molecule has 25 heavy (non-hydrogen) atoms. The van der Waals surface area contributed by atoms with Crippen LogP contribution in [0.3, 0.4) is 0 Å². The highest BCUT2D eigenvalue weighted by molar-refractivity contribution is 5.99. The Morgan fingerprint density at radius 1 is 1.28 bits per heavy atom. The minimum absolute atomic E-state index is 0.0416. The lowest BCUT2D eigenvalue weighted by atomic mass is 9.92. The molecule has 6 heteroatoms. The highest BCUT2D eigenvalue weighted by Crippen LogP contribution is 2.32. The summed E-state index contributed by atoms with van der Waals surface area (Å²) < 4.78 is 16.1. The molecule has 1 aromatic heterocycles. The van der Waals surface area contributed by atoms with Crippen LogP contribution in [-0.4, -0.2) is 28.3 Å². The largest absolute Gasteiger partial charge is 0.308 e. The number of benzene rings is 1. The van der Waals surface area contributed by atoms with Crippen molar-refractivity contribution in [2.75, 3.05) is 11.4 Å². The Bertz CT molecular complexity index is 787. The maximum atomic E-state index is 14.0. The van der Waals surface area contributed by atoms with Gasteiger partial charge in [-0.3, -0.25) is 14.8 Å². The first-order valence-corrected chi connectivity index (χ1v) is 9.05. The van der Waals surface area contributed by atoms with Crippen LogP contribution >= 0.6 is 0 Å². The number of rotatable bonds is 4. The number of aromatic nitrogens is 2. The second-order valence-corrected chi connectivity index (χ2v) is 6.76. The van der Waals surface area contributed by atoms with Gasteiger partial charge in [0, 0.05) is 30.4 Å². The monoisotopic (exact) mass is 342 g/mol. The normalized spacial score (nSPS) is 23.1.